The van der Waals surface area contributed by atoms with Gasteiger partial charge in [-0.15, -0.1) is 0 Å². The van der Waals surface area contributed by atoms with E-state index >= 15 is 0 Å². The quantitative estimate of drug-likeness (QED) is 0.893. The molecule has 2 aromatic rings. The van der Waals surface area contributed by atoms with Crippen LogP contribution in [0.4, 0.5) is 14.5 Å². The molecular formula is C12H11F2N3O2. The van der Waals surface area contributed by atoms with Crippen molar-refractivity contribution < 1.29 is 18.7 Å². The van der Waals surface area contributed by atoms with E-state index in [1.807, 2.05) is 0 Å². The molecule has 2 N–H and O–H groups in total. The Morgan fingerprint density at radius 1 is 1.32 bits per heavy atom. The summed E-state index contributed by atoms with van der Waals surface area (Å²) in [6.45, 7) is 0. The minimum atomic E-state index is -1.17. The molecule has 1 heterocycles. The Hall–Kier alpha value is -2.44. The molecule has 2 rings (SSSR count). The number of carboxylic acid groups (broad SMARTS) is 1. The fourth-order valence-corrected chi connectivity index (χ4v) is 1.63. The molecule has 0 unspecified atom stereocenters. The van der Waals surface area contributed by atoms with Gasteiger partial charge in [0.2, 0.25) is 0 Å². The van der Waals surface area contributed by atoms with Crippen LogP contribution in [0.2, 0.25) is 0 Å². The zero-order valence-corrected chi connectivity index (χ0v) is 10.2. The van der Waals surface area contributed by atoms with E-state index in [4.69, 9.17) is 5.11 Å². The van der Waals surface area contributed by atoms with Gasteiger partial charge < -0.3 is 10.0 Å². The van der Waals surface area contributed by atoms with Crippen LogP contribution in [0.1, 0.15) is 10.5 Å². The van der Waals surface area contributed by atoms with E-state index in [2.05, 4.69) is 10.2 Å². The second-order valence-electron chi connectivity index (χ2n) is 4.16. The van der Waals surface area contributed by atoms with Crippen molar-refractivity contribution >= 4 is 11.7 Å². The molecule has 7 heteroatoms. The smallest absolute Gasteiger partial charge is 0.353 e. The van der Waals surface area contributed by atoms with Gasteiger partial charge in [-0.05, 0) is 18.2 Å². The lowest BCUT2D eigenvalue weighted by Crippen LogP contribution is -2.11. The Bertz CT molecular complexity index is 638. The molecule has 0 atom stereocenters. The van der Waals surface area contributed by atoms with Crippen LogP contribution in [-0.2, 0) is 0 Å². The Kier molecular flexibility index (Phi) is 3.20. The zero-order valence-electron chi connectivity index (χ0n) is 10.2. The van der Waals surface area contributed by atoms with Gasteiger partial charge in [-0.2, -0.15) is 5.10 Å². The first-order valence-corrected chi connectivity index (χ1v) is 5.35. The van der Waals surface area contributed by atoms with Crippen molar-refractivity contribution in [3.05, 3.63) is 35.5 Å². The van der Waals surface area contributed by atoms with E-state index in [-0.39, 0.29) is 17.1 Å². The van der Waals surface area contributed by atoms with E-state index in [1.54, 1.807) is 14.1 Å². The highest BCUT2D eigenvalue weighted by atomic mass is 19.2. The summed E-state index contributed by atoms with van der Waals surface area (Å²) in [7, 11) is 3.16. The van der Waals surface area contributed by atoms with Crippen LogP contribution in [0.5, 0.6) is 0 Å². The molecule has 1 aromatic carbocycles. The first-order valence-electron chi connectivity index (χ1n) is 5.35. The number of carboxylic acids is 1. The molecule has 19 heavy (non-hydrogen) atoms. The van der Waals surface area contributed by atoms with Crippen molar-refractivity contribution in [2.24, 2.45) is 0 Å². The molecule has 0 radical (unpaired) electrons. The largest absolute Gasteiger partial charge is 0.477 e. The number of nitrogens with zero attached hydrogens (tertiary/aromatic N) is 2. The van der Waals surface area contributed by atoms with E-state index in [0.717, 1.165) is 6.07 Å². The van der Waals surface area contributed by atoms with Gasteiger partial charge in [0.05, 0.1) is 11.4 Å². The lowest BCUT2D eigenvalue weighted by atomic mass is 10.1. The number of hydrogen-bond acceptors (Lipinski definition) is 3. The highest BCUT2D eigenvalue weighted by Crippen LogP contribution is 2.28. The molecule has 0 fully saturated rings. The van der Waals surface area contributed by atoms with Crippen molar-refractivity contribution in [3.63, 3.8) is 0 Å². The predicted octanol–water partition coefficient (Wildman–Crippen LogP) is 2.12. The topological polar surface area (TPSA) is 69.2 Å². The van der Waals surface area contributed by atoms with Crippen LogP contribution < -0.4 is 4.90 Å². The molecule has 0 spiro atoms. The molecule has 0 amide bonds. The number of aromatic carboxylic acids is 1. The normalized spacial score (nSPS) is 10.5. The highest BCUT2D eigenvalue weighted by molar-refractivity contribution is 5.87. The van der Waals surface area contributed by atoms with E-state index < -0.39 is 17.6 Å². The lowest BCUT2D eigenvalue weighted by Gasteiger charge is -2.14. The second-order valence-corrected chi connectivity index (χ2v) is 4.16. The summed E-state index contributed by atoms with van der Waals surface area (Å²) >= 11 is 0. The van der Waals surface area contributed by atoms with E-state index in [0.29, 0.717) is 5.56 Å². The molecule has 5 nitrogen and oxygen atoms in total. The Morgan fingerprint density at radius 2 is 2.00 bits per heavy atom. The van der Waals surface area contributed by atoms with E-state index in [1.165, 1.54) is 17.0 Å². The minimum absolute atomic E-state index is 0.0647. The van der Waals surface area contributed by atoms with Crippen molar-refractivity contribution in [1.82, 2.24) is 10.2 Å². The molecule has 1 aromatic heterocycles. The van der Waals surface area contributed by atoms with Gasteiger partial charge in [-0.25, -0.2) is 13.6 Å². The fraction of sp³-hybridized carbons (Fsp3) is 0.167. The molecule has 0 saturated carbocycles. The van der Waals surface area contributed by atoms with Gasteiger partial charge in [0, 0.05) is 19.7 Å². The number of aromatic amines is 1. The van der Waals surface area contributed by atoms with Gasteiger partial charge in [0.25, 0.3) is 0 Å². The Balaban J connectivity index is 2.53. The zero-order chi connectivity index (χ0) is 14.2. The molecule has 0 aliphatic rings. The first kappa shape index (κ1) is 13.0. The van der Waals surface area contributed by atoms with Gasteiger partial charge in [0.15, 0.2) is 11.6 Å². The number of hydrogen-bond donors (Lipinski definition) is 2. The second kappa shape index (κ2) is 4.68. The van der Waals surface area contributed by atoms with Gasteiger partial charge in [-0.1, -0.05) is 0 Å². The third kappa shape index (κ3) is 2.40. The molecule has 0 aliphatic heterocycles. The maximum atomic E-state index is 13.5. The molecule has 100 valence electrons. The summed E-state index contributed by atoms with van der Waals surface area (Å²) in [5.41, 5.74) is 0.478. The standard InChI is InChI=1S/C12H11F2N3O2/c1-17(2)10-4-6(3-7(13)11(10)14)8-5-9(12(18)19)16-15-8/h3-5H,1-2H3,(H,15,16)(H,18,19). The van der Waals surface area contributed by atoms with Crippen molar-refractivity contribution in [1.29, 1.82) is 0 Å². The number of nitrogens with one attached hydrogen (secondary N) is 1. The molecule has 0 aliphatic carbocycles. The average Bonchev–Trinajstić information content (AvgIpc) is 2.81. The van der Waals surface area contributed by atoms with Crippen molar-refractivity contribution in [2.45, 2.75) is 0 Å². The summed E-state index contributed by atoms with van der Waals surface area (Å²) in [4.78, 5) is 12.2. The van der Waals surface area contributed by atoms with Crippen LogP contribution in [0, 0.1) is 11.6 Å². The maximum Gasteiger partial charge on any atom is 0.353 e. The van der Waals surface area contributed by atoms with Crippen molar-refractivity contribution in [3.8, 4) is 11.3 Å². The van der Waals surface area contributed by atoms with Gasteiger partial charge >= 0.3 is 5.97 Å². The van der Waals surface area contributed by atoms with Crippen LogP contribution in [0.15, 0.2) is 18.2 Å². The van der Waals surface area contributed by atoms with Crippen LogP contribution >= 0.6 is 0 Å². The maximum absolute atomic E-state index is 13.5. The summed E-state index contributed by atoms with van der Waals surface area (Å²) in [6.07, 6.45) is 0. The van der Waals surface area contributed by atoms with Gasteiger partial charge in [0.1, 0.15) is 5.69 Å². The van der Waals surface area contributed by atoms with E-state index in [9.17, 15) is 13.6 Å². The summed E-state index contributed by atoms with van der Waals surface area (Å²) < 4.78 is 27.0. The average molecular weight is 267 g/mol. The predicted molar refractivity (Wildman–Crippen MR) is 65.2 cm³/mol. The molecule has 0 bridgehead atoms. The SMILES string of the molecule is CN(C)c1cc(-c2cc(C(=O)O)[nH]n2)cc(F)c1F. The summed E-state index contributed by atoms with van der Waals surface area (Å²) in [5.74, 6) is -3.14. The number of aromatic nitrogens is 2. The third-order valence-corrected chi connectivity index (χ3v) is 2.59. The number of rotatable bonds is 3. The highest BCUT2D eigenvalue weighted by Gasteiger charge is 2.16. The Labute approximate surface area is 107 Å². The first-order chi connectivity index (χ1) is 8.90. The number of benzene rings is 1. The summed E-state index contributed by atoms with van der Waals surface area (Å²) in [5, 5.41) is 14.8. The van der Waals surface area contributed by atoms with Crippen LogP contribution in [0.3, 0.4) is 0 Å². The number of carbonyl (C=O) groups is 1. The van der Waals surface area contributed by atoms with Crippen LogP contribution in [-0.4, -0.2) is 35.4 Å². The molecular weight excluding hydrogens is 256 g/mol. The fourth-order valence-electron chi connectivity index (χ4n) is 1.63. The third-order valence-electron chi connectivity index (χ3n) is 2.59. The monoisotopic (exact) mass is 267 g/mol. The Morgan fingerprint density at radius 3 is 2.53 bits per heavy atom. The number of anilines is 1. The van der Waals surface area contributed by atoms with Crippen molar-refractivity contribution in [2.75, 3.05) is 19.0 Å². The number of H-pyrrole nitrogens is 1. The van der Waals surface area contributed by atoms with Crippen LogP contribution in [0.25, 0.3) is 11.3 Å². The number of halogens is 2. The lowest BCUT2D eigenvalue weighted by molar-refractivity contribution is 0.0690. The summed E-state index contributed by atoms with van der Waals surface area (Å²) in [6, 6.07) is 3.64. The van der Waals surface area contributed by atoms with Gasteiger partial charge in [-0.3, -0.25) is 5.10 Å². The minimum Gasteiger partial charge on any atom is -0.477 e. The molecule has 0 saturated heterocycles.